The van der Waals surface area contributed by atoms with Crippen LogP contribution in [0.5, 0.6) is 0 Å². The largest absolute Gasteiger partial charge is 0.321 e. The van der Waals surface area contributed by atoms with Gasteiger partial charge in [0.25, 0.3) is 0 Å². The molecule has 0 saturated heterocycles. The third-order valence-electron chi connectivity index (χ3n) is 2.96. The molecule has 0 aromatic heterocycles. The van der Waals surface area contributed by atoms with Crippen LogP contribution in [0.3, 0.4) is 0 Å². The van der Waals surface area contributed by atoms with Gasteiger partial charge in [0.05, 0.1) is 0 Å². The molecule has 1 aliphatic carbocycles. The van der Waals surface area contributed by atoms with E-state index in [1.165, 1.54) is 25.0 Å². The summed E-state index contributed by atoms with van der Waals surface area (Å²) in [7, 11) is 0. The van der Waals surface area contributed by atoms with Crippen molar-refractivity contribution >= 4 is 15.9 Å². The molecule has 0 aliphatic heterocycles. The van der Waals surface area contributed by atoms with Crippen molar-refractivity contribution < 1.29 is 4.39 Å². The third kappa shape index (κ3) is 1.71. The van der Waals surface area contributed by atoms with Gasteiger partial charge < -0.3 is 5.73 Å². The lowest BCUT2D eigenvalue weighted by Gasteiger charge is -2.25. The molecule has 2 rings (SSSR count). The van der Waals surface area contributed by atoms with Crippen LogP contribution in [0.15, 0.2) is 22.7 Å². The van der Waals surface area contributed by atoms with Crippen LogP contribution in [0, 0.1) is 5.82 Å². The van der Waals surface area contributed by atoms with Crippen LogP contribution < -0.4 is 5.73 Å². The Labute approximate surface area is 91.6 Å². The quantitative estimate of drug-likeness (QED) is 0.821. The van der Waals surface area contributed by atoms with Crippen molar-refractivity contribution in [2.45, 2.75) is 31.2 Å². The maximum Gasteiger partial charge on any atom is 0.124 e. The standard InChI is InChI=1S/C11H13BrFN/c12-10-7-8(13)3-4-9(10)11(14)5-1-2-6-11/h3-4,7H,1-2,5-6,14H2. The van der Waals surface area contributed by atoms with Crippen LogP contribution in [-0.4, -0.2) is 0 Å². The number of nitrogens with two attached hydrogens (primary N) is 1. The average molecular weight is 258 g/mol. The predicted octanol–water partition coefficient (Wildman–Crippen LogP) is 3.32. The first kappa shape index (κ1) is 10.1. The summed E-state index contributed by atoms with van der Waals surface area (Å²) >= 11 is 3.37. The molecule has 14 heavy (non-hydrogen) atoms. The number of rotatable bonds is 1. The molecule has 0 heterocycles. The molecule has 0 spiro atoms. The monoisotopic (exact) mass is 257 g/mol. The van der Waals surface area contributed by atoms with Crippen molar-refractivity contribution in [1.29, 1.82) is 0 Å². The maximum absolute atomic E-state index is 12.9. The first-order valence-electron chi connectivity index (χ1n) is 4.86. The Balaban J connectivity index is 2.40. The van der Waals surface area contributed by atoms with E-state index in [1.54, 1.807) is 6.07 Å². The van der Waals surface area contributed by atoms with Gasteiger partial charge in [-0.1, -0.05) is 34.8 Å². The second kappa shape index (κ2) is 3.63. The van der Waals surface area contributed by atoms with Crippen LogP contribution in [0.25, 0.3) is 0 Å². The predicted molar refractivity (Wildman–Crippen MR) is 58.4 cm³/mol. The Morgan fingerprint density at radius 1 is 1.29 bits per heavy atom. The van der Waals surface area contributed by atoms with Gasteiger partial charge in [-0.2, -0.15) is 0 Å². The van der Waals surface area contributed by atoms with E-state index in [0.29, 0.717) is 0 Å². The Morgan fingerprint density at radius 3 is 2.50 bits per heavy atom. The Hall–Kier alpha value is -0.410. The molecule has 0 unspecified atom stereocenters. The summed E-state index contributed by atoms with van der Waals surface area (Å²) in [5, 5.41) is 0. The zero-order chi connectivity index (χ0) is 10.2. The molecule has 2 N–H and O–H groups in total. The molecule has 76 valence electrons. The minimum absolute atomic E-state index is 0.220. The summed E-state index contributed by atoms with van der Waals surface area (Å²) in [6.45, 7) is 0. The van der Waals surface area contributed by atoms with Crippen LogP contribution in [0.4, 0.5) is 4.39 Å². The van der Waals surface area contributed by atoms with E-state index in [-0.39, 0.29) is 11.4 Å². The SMILES string of the molecule is NC1(c2ccc(F)cc2Br)CCCC1. The summed E-state index contributed by atoms with van der Waals surface area (Å²) in [6.07, 6.45) is 4.33. The first-order valence-corrected chi connectivity index (χ1v) is 5.65. The number of hydrogen-bond acceptors (Lipinski definition) is 1. The lowest BCUT2D eigenvalue weighted by atomic mass is 9.89. The number of halogens is 2. The molecule has 0 amide bonds. The fourth-order valence-corrected chi connectivity index (χ4v) is 2.91. The van der Waals surface area contributed by atoms with Crippen molar-refractivity contribution in [3.05, 3.63) is 34.1 Å². The summed E-state index contributed by atoms with van der Waals surface area (Å²) < 4.78 is 13.7. The fourth-order valence-electron chi connectivity index (χ4n) is 2.17. The molecule has 1 fully saturated rings. The van der Waals surface area contributed by atoms with E-state index in [1.807, 2.05) is 0 Å². The number of hydrogen-bond donors (Lipinski definition) is 1. The zero-order valence-corrected chi connectivity index (χ0v) is 9.48. The molecule has 1 nitrogen and oxygen atoms in total. The van der Waals surface area contributed by atoms with E-state index < -0.39 is 0 Å². The topological polar surface area (TPSA) is 26.0 Å². The highest BCUT2D eigenvalue weighted by Gasteiger charge is 2.32. The Bertz CT molecular complexity index is 345. The average Bonchev–Trinajstić information content (AvgIpc) is 2.52. The normalized spacial score (nSPS) is 19.9. The van der Waals surface area contributed by atoms with Gasteiger partial charge in [0.1, 0.15) is 5.82 Å². The van der Waals surface area contributed by atoms with Crippen molar-refractivity contribution in [1.82, 2.24) is 0 Å². The molecule has 0 bridgehead atoms. The molecule has 0 atom stereocenters. The van der Waals surface area contributed by atoms with Gasteiger partial charge in [0, 0.05) is 10.0 Å². The van der Waals surface area contributed by atoms with Gasteiger partial charge in [-0.05, 0) is 30.5 Å². The molecular formula is C11H13BrFN. The van der Waals surface area contributed by atoms with E-state index in [2.05, 4.69) is 15.9 Å². The van der Waals surface area contributed by atoms with Gasteiger partial charge in [-0.15, -0.1) is 0 Å². The Morgan fingerprint density at radius 2 is 1.93 bits per heavy atom. The maximum atomic E-state index is 12.9. The van der Waals surface area contributed by atoms with Crippen molar-refractivity contribution in [3.63, 3.8) is 0 Å². The van der Waals surface area contributed by atoms with Gasteiger partial charge in [-0.25, -0.2) is 4.39 Å². The van der Waals surface area contributed by atoms with Crippen LogP contribution in [-0.2, 0) is 5.54 Å². The van der Waals surface area contributed by atoms with E-state index in [4.69, 9.17) is 5.73 Å². The van der Waals surface area contributed by atoms with Gasteiger partial charge in [0.15, 0.2) is 0 Å². The summed E-state index contributed by atoms with van der Waals surface area (Å²) in [5.41, 5.74) is 7.07. The second-order valence-corrected chi connectivity index (χ2v) is 4.84. The first-order chi connectivity index (χ1) is 6.62. The number of benzene rings is 1. The molecular weight excluding hydrogens is 245 g/mol. The fraction of sp³-hybridized carbons (Fsp3) is 0.455. The molecule has 1 aromatic carbocycles. The van der Waals surface area contributed by atoms with E-state index in [0.717, 1.165) is 22.9 Å². The summed E-state index contributed by atoms with van der Waals surface area (Å²) in [5.74, 6) is -0.220. The molecule has 1 aromatic rings. The highest BCUT2D eigenvalue weighted by atomic mass is 79.9. The smallest absolute Gasteiger partial charge is 0.124 e. The molecule has 0 radical (unpaired) electrons. The lowest BCUT2D eigenvalue weighted by molar-refractivity contribution is 0.458. The van der Waals surface area contributed by atoms with Crippen molar-refractivity contribution in [3.8, 4) is 0 Å². The van der Waals surface area contributed by atoms with Crippen LogP contribution >= 0.6 is 15.9 Å². The highest BCUT2D eigenvalue weighted by molar-refractivity contribution is 9.10. The minimum atomic E-state index is -0.244. The van der Waals surface area contributed by atoms with Crippen LogP contribution in [0.2, 0.25) is 0 Å². The molecule has 1 aliphatic rings. The Kier molecular flexibility index (Phi) is 2.62. The van der Waals surface area contributed by atoms with Gasteiger partial charge in [0.2, 0.25) is 0 Å². The third-order valence-corrected chi connectivity index (χ3v) is 3.62. The highest BCUT2D eigenvalue weighted by Crippen LogP contribution is 2.39. The minimum Gasteiger partial charge on any atom is -0.321 e. The molecule has 1 saturated carbocycles. The van der Waals surface area contributed by atoms with Crippen LogP contribution in [0.1, 0.15) is 31.2 Å². The van der Waals surface area contributed by atoms with Gasteiger partial charge >= 0.3 is 0 Å². The lowest BCUT2D eigenvalue weighted by Crippen LogP contribution is -2.33. The second-order valence-electron chi connectivity index (χ2n) is 3.99. The zero-order valence-electron chi connectivity index (χ0n) is 7.89. The molecule has 3 heteroatoms. The van der Waals surface area contributed by atoms with Crippen molar-refractivity contribution in [2.75, 3.05) is 0 Å². The van der Waals surface area contributed by atoms with E-state index >= 15 is 0 Å². The summed E-state index contributed by atoms with van der Waals surface area (Å²) in [4.78, 5) is 0. The van der Waals surface area contributed by atoms with Crippen molar-refractivity contribution in [2.24, 2.45) is 5.73 Å². The van der Waals surface area contributed by atoms with Gasteiger partial charge in [-0.3, -0.25) is 0 Å². The summed E-state index contributed by atoms with van der Waals surface area (Å²) in [6, 6.07) is 4.76. The van der Waals surface area contributed by atoms with E-state index in [9.17, 15) is 4.39 Å².